The lowest BCUT2D eigenvalue weighted by Gasteiger charge is -2.17. The monoisotopic (exact) mass is 352 g/mol. The van der Waals surface area contributed by atoms with Crippen molar-refractivity contribution in [2.24, 2.45) is 0 Å². The summed E-state index contributed by atoms with van der Waals surface area (Å²) in [5.74, 6) is -1.27. The molecule has 0 saturated carbocycles. The third-order valence-electron chi connectivity index (χ3n) is 3.21. The fourth-order valence-corrected chi connectivity index (χ4v) is 2.97. The molecule has 0 fully saturated rings. The molecule has 1 amide bonds. The van der Waals surface area contributed by atoms with Gasteiger partial charge in [-0.2, -0.15) is 0 Å². The zero-order chi connectivity index (χ0) is 17.7. The number of likely N-dealkylation sites (N-methyl/N-ethyl adjacent to an activating group) is 1. The largest absolute Gasteiger partial charge is 0.486 e. The number of nitrogens with zero attached hydrogens (tertiary/aromatic N) is 2. The molecule has 1 aromatic heterocycles. The Morgan fingerprint density at radius 3 is 2.58 bits per heavy atom. The SMILES string of the molecule is CCN(CC(=O)O)C(=O)c1sc(COc2ccc(F)cc2)nc1C. The second-order valence-corrected chi connectivity index (χ2v) is 6.06. The van der Waals surface area contributed by atoms with E-state index in [4.69, 9.17) is 9.84 Å². The number of carboxylic acid groups (broad SMARTS) is 1. The molecular weight excluding hydrogens is 335 g/mol. The summed E-state index contributed by atoms with van der Waals surface area (Å²) >= 11 is 1.17. The smallest absolute Gasteiger partial charge is 0.323 e. The molecule has 0 spiro atoms. The van der Waals surface area contributed by atoms with Gasteiger partial charge in [-0.3, -0.25) is 9.59 Å². The zero-order valence-electron chi connectivity index (χ0n) is 13.3. The summed E-state index contributed by atoms with van der Waals surface area (Å²) in [5, 5.41) is 9.45. The van der Waals surface area contributed by atoms with Crippen LogP contribution in [0.3, 0.4) is 0 Å². The van der Waals surface area contributed by atoms with Gasteiger partial charge >= 0.3 is 5.97 Å². The maximum absolute atomic E-state index is 12.8. The summed E-state index contributed by atoms with van der Waals surface area (Å²) in [5.41, 5.74) is 0.534. The molecule has 0 aliphatic rings. The van der Waals surface area contributed by atoms with Gasteiger partial charge in [0.25, 0.3) is 5.91 Å². The van der Waals surface area contributed by atoms with Crippen molar-refractivity contribution in [3.8, 4) is 5.75 Å². The molecule has 2 rings (SSSR count). The standard InChI is InChI=1S/C16H17FN2O4S/c1-3-19(8-14(20)21)16(22)15-10(2)18-13(24-15)9-23-12-6-4-11(17)5-7-12/h4-7H,3,8-9H2,1-2H3,(H,20,21). The van der Waals surface area contributed by atoms with Crippen LogP contribution in [-0.4, -0.2) is 40.0 Å². The summed E-state index contributed by atoms with van der Waals surface area (Å²) in [4.78, 5) is 29.2. The first kappa shape index (κ1) is 17.9. The van der Waals surface area contributed by atoms with E-state index in [1.54, 1.807) is 13.8 Å². The predicted molar refractivity (Wildman–Crippen MR) is 86.8 cm³/mol. The van der Waals surface area contributed by atoms with Crippen LogP contribution in [0.4, 0.5) is 4.39 Å². The van der Waals surface area contributed by atoms with Gasteiger partial charge in [0.2, 0.25) is 0 Å². The molecule has 6 nitrogen and oxygen atoms in total. The van der Waals surface area contributed by atoms with Crippen molar-refractivity contribution in [3.05, 3.63) is 45.7 Å². The van der Waals surface area contributed by atoms with Crippen molar-refractivity contribution in [2.45, 2.75) is 20.5 Å². The number of carbonyl (C=O) groups excluding carboxylic acids is 1. The first-order valence-corrected chi connectivity index (χ1v) is 8.08. The van der Waals surface area contributed by atoms with Gasteiger partial charge < -0.3 is 14.7 Å². The minimum absolute atomic E-state index is 0.148. The molecule has 0 atom stereocenters. The van der Waals surface area contributed by atoms with Crippen molar-refractivity contribution in [2.75, 3.05) is 13.1 Å². The summed E-state index contributed by atoms with van der Waals surface area (Å²) in [6, 6.07) is 5.60. The molecule has 1 heterocycles. The zero-order valence-corrected chi connectivity index (χ0v) is 14.1. The fraction of sp³-hybridized carbons (Fsp3) is 0.312. The molecule has 0 saturated heterocycles. The van der Waals surface area contributed by atoms with Crippen LogP contribution in [0.25, 0.3) is 0 Å². The third kappa shape index (κ3) is 4.51. The highest BCUT2D eigenvalue weighted by Gasteiger charge is 2.22. The van der Waals surface area contributed by atoms with Gasteiger partial charge in [0.05, 0.1) is 5.69 Å². The number of halogens is 1. The van der Waals surface area contributed by atoms with Crippen LogP contribution in [0.2, 0.25) is 0 Å². The van der Waals surface area contributed by atoms with Gasteiger partial charge in [-0.25, -0.2) is 9.37 Å². The second kappa shape index (κ2) is 7.87. The average molecular weight is 352 g/mol. The normalized spacial score (nSPS) is 10.5. The van der Waals surface area contributed by atoms with E-state index in [0.717, 1.165) is 0 Å². The van der Waals surface area contributed by atoms with Gasteiger partial charge in [0.1, 0.15) is 34.6 Å². The van der Waals surface area contributed by atoms with Crippen LogP contribution in [0, 0.1) is 12.7 Å². The number of rotatable bonds is 7. The Kier molecular flexibility index (Phi) is 5.86. The first-order chi connectivity index (χ1) is 11.4. The van der Waals surface area contributed by atoms with Crippen LogP contribution >= 0.6 is 11.3 Å². The number of carbonyl (C=O) groups is 2. The molecule has 0 aliphatic carbocycles. The quantitative estimate of drug-likeness (QED) is 0.829. The lowest BCUT2D eigenvalue weighted by molar-refractivity contribution is -0.137. The number of thiazole rings is 1. The summed E-state index contributed by atoms with van der Waals surface area (Å²) in [7, 11) is 0. The van der Waals surface area contributed by atoms with Crippen molar-refractivity contribution >= 4 is 23.2 Å². The number of amides is 1. The van der Waals surface area contributed by atoms with Crippen LogP contribution < -0.4 is 4.74 Å². The highest BCUT2D eigenvalue weighted by Crippen LogP contribution is 2.22. The Balaban J connectivity index is 2.07. The van der Waals surface area contributed by atoms with Crippen molar-refractivity contribution in [3.63, 3.8) is 0 Å². The average Bonchev–Trinajstić information content (AvgIpc) is 2.92. The number of benzene rings is 1. The fourth-order valence-electron chi connectivity index (χ4n) is 2.02. The van der Waals surface area contributed by atoms with Crippen LogP contribution in [0.15, 0.2) is 24.3 Å². The number of hydrogen-bond donors (Lipinski definition) is 1. The Morgan fingerprint density at radius 1 is 1.33 bits per heavy atom. The lowest BCUT2D eigenvalue weighted by atomic mass is 10.3. The molecule has 2 aromatic rings. The summed E-state index contributed by atoms with van der Waals surface area (Å²) in [6.07, 6.45) is 0. The van der Waals surface area contributed by atoms with E-state index in [0.29, 0.717) is 27.9 Å². The van der Waals surface area contributed by atoms with E-state index in [-0.39, 0.29) is 24.9 Å². The number of ether oxygens (including phenoxy) is 1. The van der Waals surface area contributed by atoms with Crippen LogP contribution in [0.1, 0.15) is 27.3 Å². The van der Waals surface area contributed by atoms with Gasteiger partial charge in [-0.15, -0.1) is 11.3 Å². The minimum Gasteiger partial charge on any atom is -0.486 e. The van der Waals surface area contributed by atoms with Crippen LogP contribution in [0.5, 0.6) is 5.75 Å². The second-order valence-electron chi connectivity index (χ2n) is 4.98. The number of hydrogen-bond acceptors (Lipinski definition) is 5. The Hall–Kier alpha value is -2.48. The number of aliphatic carboxylic acids is 1. The Bertz CT molecular complexity index is 730. The molecule has 1 N–H and O–H groups in total. The van der Waals surface area contributed by atoms with Crippen molar-refractivity contribution in [1.82, 2.24) is 9.88 Å². The highest BCUT2D eigenvalue weighted by atomic mass is 32.1. The highest BCUT2D eigenvalue weighted by molar-refractivity contribution is 7.13. The Labute approximate surface area is 142 Å². The number of aryl methyl sites for hydroxylation is 1. The Morgan fingerprint density at radius 2 is 2.00 bits per heavy atom. The van der Waals surface area contributed by atoms with Crippen LogP contribution in [-0.2, 0) is 11.4 Å². The number of aromatic nitrogens is 1. The van der Waals surface area contributed by atoms with Gasteiger partial charge in [-0.1, -0.05) is 0 Å². The third-order valence-corrected chi connectivity index (χ3v) is 4.33. The maximum atomic E-state index is 12.8. The molecule has 0 bridgehead atoms. The summed E-state index contributed by atoms with van der Waals surface area (Å²) < 4.78 is 18.4. The minimum atomic E-state index is -1.06. The maximum Gasteiger partial charge on any atom is 0.323 e. The van der Waals surface area contributed by atoms with E-state index in [9.17, 15) is 14.0 Å². The predicted octanol–water partition coefficient (Wildman–Crippen LogP) is 2.72. The first-order valence-electron chi connectivity index (χ1n) is 7.26. The molecule has 128 valence electrons. The topological polar surface area (TPSA) is 79.7 Å². The van der Waals surface area contributed by atoms with Gasteiger partial charge in [-0.05, 0) is 38.1 Å². The molecule has 0 radical (unpaired) electrons. The van der Waals surface area contributed by atoms with Crippen molar-refractivity contribution in [1.29, 1.82) is 0 Å². The summed E-state index contributed by atoms with van der Waals surface area (Å²) in [6.45, 7) is 3.50. The van der Waals surface area contributed by atoms with Gasteiger partial charge in [0.15, 0.2) is 0 Å². The number of carboxylic acids is 1. The van der Waals surface area contributed by atoms with E-state index < -0.39 is 5.97 Å². The van der Waals surface area contributed by atoms with E-state index in [1.165, 1.54) is 40.5 Å². The molecule has 0 unspecified atom stereocenters. The molecule has 24 heavy (non-hydrogen) atoms. The van der Waals surface area contributed by atoms with E-state index >= 15 is 0 Å². The molecule has 1 aromatic carbocycles. The van der Waals surface area contributed by atoms with Gasteiger partial charge in [0, 0.05) is 6.54 Å². The lowest BCUT2D eigenvalue weighted by Crippen LogP contribution is -2.35. The van der Waals surface area contributed by atoms with Crippen molar-refractivity contribution < 1.29 is 23.8 Å². The van der Waals surface area contributed by atoms with E-state index in [2.05, 4.69) is 4.98 Å². The van der Waals surface area contributed by atoms with E-state index in [1.807, 2.05) is 0 Å². The molecular formula is C16H17FN2O4S. The molecule has 8 heteroatoms. The molecule has 0 aliphatic heterocycles.